The van der Waals surface area contributed by atoms with Crippen molar-refractivity contribution in [2.45, 2.75) is 0 Å². The van der Waals surface area contributed by atoms with Crippen LogP contribution in [0.4, 0.5) is 0 Å². The Labute approximate surface area is 137 Å². The number of aromatic hydroxyl groups is 1. The molecular weight excluding hydrogens is 319 g/mol. The minimum atomic E-state index is -0.0371. The number of benzene rings is 2. The third kappa shape index (κ3) is 2.86. The van der Waals surface area contributed by atoms with Gasteiger partial charge in [0, 0.05) is 21.3 Å². The quantitative estimate of drug-likeness (QED) is 0.574. The standard InChI is InChI=1S/C17H12Cl2N2O/c18-12-5-1-10(2-6-12)15-9-14(17(22)21-15)16(20)11-3-7-13(19)8-4-11/h1-9,20-22H. The third-order valence-corrected chi connectivity index (χ3v) is 3.86. The van der Waals surface area contributed by atoms with Crippen molar-refractivity contribution in [2.75, 3.05) is 0 Å². The lowest BCUT2D eigenvalue weighted by Crippen LogP contribution is -1.99. The van der Waals surface area contributed by atoms with Crippen LogP contribution in [0.1, 0.15) is 11.1 Å². The number of aromatic nitrogens is 1. The molecule has 3 rings (SSSR count). The molecule has 0 aliphatic carbocycles. The molecule has 0 unspecified atom stereocenters. The van der Waals surface area contributed by atoms with Gasteiger partial charge in [-0.25, -0.2) is 0 Å². The Morgan fingerprint density at radius 3 is 2.05 bits per heavy atom. The molecule has 0 aliphatic rings. The third-order valence-electron chi connectivity index (χ3n) is 3.35. The van der Waals surface area contributed by atoms with E-state index >= 15 is 0 Å². The molecule has 0 saturated heterocycles. The average Bonchev–Trinajstić information content (AvgIpc) is 2.90. The second-order valence-corrected chi connectivity index (χ2v) is 5.71. The summed E-state index contributed by atoms with van der Waals surface area (Å²) in [6.45, 7) is 0. The van der Waals surface area contributed by atoms with Crippen molar-refractivity contribution in [1.82, 2.24) is 4.98 Å². The van der Waals surface area contributed by atoms with E-state index in [1.807, 2.05) is 12.1 Å². The van der Waals surface area contributed by atoms with E-state index in [0.717, 1.165) is 11.3 Å². The first-order valence-electron chi connectivity index (χ1n) is 6.57. The summed E-state index contributed by atoms with van der Waals surface area (Å²) in [7, 11) is 0. The first-order valence-corrected chi connectivity index (χ1v) is 7.33. The van der Waals surface area contributed by atoms with Crippen LogP contribution in [0.25, 0.3) is 11.3 Å². The highest BCUT2D eigenvalue weighted by atomic mass is 35.5. The summed E-state index contributed by atoms with van der Waals surface area (Å²) in [5.74, 6) is -0.0371. The topological polar surface area (TPSA) is 59.9 Å². The van der Waals surface area contributed by atoms with Crippen LogP contribution in [0, 0.1) is 5.41 Å². The molecule has 3 aromatic rings. The average molecular weight is 331 g/mol. The van der Waals surface area contributed by atoms with Gasteiger partial charge in [0.15, 0.2) is 5.88 Å². The lowest BCUT2D eigenvalue weighted by molar-refractivity contribution is 0.456. The van der Waals surface area contributed by atoms with E-state index in [0.29, 0.717) is 21.2 Å². The Kier molecular flexibility index (Phi) is 3.92. The van der Waals surface area contributed by atoms with Gasteiger partial charge in [-0.3, -0.25) is 5.41 Å². The molecule has 0 saturated carbocycles. The molecule has 22 heavy (non-hydrogen) atoms. The molecule has 0 amide bonds. The fourth-order valence-electron chi connectivity index (χ4n) is 2.19. The number of rotatable bonds is 3. The largest absolute Gasteiger partial charge is 0.494 e. The summed E-state index contributed by atoms with van der Waals surface area (Å²) >= 11 is 11.7. The molecule has 1 heterocycles. The van der Waals surface area contributed by atoms with E-state index in [4.69, 9.17) is 28.6 Å². The van der Waals surface area contributed by atoms with Gasteiger partial charge in [-0.1, -0.05) is 47.5 Å². The van der Waals surface area contributed by atoms with Crippen molar-refractivity contribution in [3.8, 4) is 17.1 Å². The molecule has 0 bridgehead atoms. The second kappa shape index (κ2) is 5.87. The van der Waals surface area contributed by atoms with Crippen molar-refractivity contribution in [1.29, 1.82) is 5.41 Å². The summed E-state index contributed by atoms with van der Waals surface area (Å²) in [6.07, 6.45) is 0. The van der Waals surface area contributed by atoms with Crippen LogP contribution < -0.4 is 0 Å². The van der Waals surface area contributed by atoms with Crippen LogP contribution >= 0.6 is 23.2 Å². The van der Waals surface area contributed by atoms with E-state index in [1.165, 1.54) is 0 Å². The first kappa shape index (κ1) is 14.7. The van der Waals surface area contributed by atoms with Crippen molar-refractivity contribution in [2.24, 2.45) is 0 Å². The zero-order valence-corrected chi connectivity index (χ0v) is 12.9. The van der Waals surface area contributed by atoms with Gasteiger partial charge in [0.2, 0.25) is 0 Å². The van der Waals surface area contributed by atoms with Crippen LogP contribution in [0.3, 0.4) is 0 Å². The maximum Gasteiger partial charge on any atom is 0.198 e. The smallest absolute Gasteiger partial charge is 0.198 e. The van der Waals surface area contributed by atoms with Crippen LogP contribution in [0.2, 0.25) is 10.0 Å². The van der Waals surface area contributed by atoms with Crippen molar-refractivity contribution in [3.63, 3.8) is 0 Å². The fourth-order valence-corrected chi connectivity index (χ4v) is 2.44. The van der Waals surface area contributed by atoms with E-state index in [1.54, 1.807) is 42.5 Å². The van der Waals surface area contributed by atoms with Crippen molar-refractivity contribution >= 4 is 28.9 Å². The van der Waals surface area contributed by atoms with Gasteiger partial charge >= 0.3 is 0 Å². The minimum absolute atomic E-state index is 0.0371. The molecule has 0 radical (unpaired) electrons. The summed E-state index contributed by atoms with van der Waals surface area (Å²) in [6, 6.07) is 15.9. The summed E-state index contributed by atoms with van der Waals surface area (Å²) in [4.78, 5) is 2.89. The van der Waals surface area contributed by atoms with E-state index < -0.39 is 0 Å². The predicted molar refractivity (Wildman–Crippen MR) is 90.3 cm³/mol. The molecule has 0 atom stereocenters. The molecular formula is C17H12Cl2N2O. The number of nitrogens with one attached hydrogen (secondary N) is 2. The number of H-pyrrole nitrogens is 1. The van der Waals surface area contributed by atoms with Crippen LogP contribution in [0.5, 0.6) is 5.88 Å². The van der Waals surface area contributed by atoms with Gasteiger partial charge in [0.05, 0.1) is 11.3 Å². The Balaban J connectivity index is 1.97. The number of hydrogen-bond acceptors (Lipinski definition) is 2. The molecule has 0 fully saturated rings. The lowest BCUT2D eigenvalue weighted by atomic mass is 10.0. The normalized spacial score (nSPS) is 10.6. The van der Waals surface area contributed by atoms with Crippen LogP contribution in [-0.4, -0.2) is 15.8 Å². The fraction of sp³-hybridized carbons (Fsp3) is 0. The summed E-state index contributed by atoms with van der Waals surface area (Å²) in [5, 5.41) is 19.6. The van der Waals surface area contributed by atoms with E-state index in [-0.39, 0.29) is 11.6 Å². The van der Waals surface area contributed by atoms with Crippen molar-refractivity contribution < 1.29 is 5.11 Å². The highest BCUT2D eigenvalue weighted by Gasteiger charge is 2.14. The Morgan fingerprint density at radius 1 is 0.909 bits per heavy atom. The van der Waals surface area contributed by atoms with Gasteiger partial charge in [-0.05, 0) is 35.9 Å². The monoisotopic (exact) mass is 330 g/mol. The zero-order chi connectivity index (χ0) is 15.7. The number of hydrogen-bond donors (Lipinski definition) is 3. The molecule has 3 nitrogen and oxygen atoms in total. The first-order chi connectivity index (χ1) is 10.5. The Bertz CT molecular complexity index is 821. The van der Waals surface area contributed by atoms with Gasteiger partial charge in [-0.2, -0.15) is 0 Å². The maximum atomic E-state index is 10.1. The number of halogens is 2. The minimum Gasteiger partial charge on any atom is -0.494 e. The van der Waals surface area contributed by atoms with Gasteiger partial charge in [0.1, 0.15) is 0 Å². The van der Waals surface area contributed by atoms with Gasteiger partial charge in [0.25, 0.3) is 0 Å². The molecule has 0 aliphatic heterocycles. The second-order valence-electron chi connectivity index (χ2n) is 4.83. The molecule has 110 valence electrons. The van der Waals surface area contributed by atoms with Crippen LogP contribution in [-0.2, 0) is 0 Å². The molecule has 2 aromatic carbocycles. The van der Waals surface area contributed by atoms with Gasteiger partial charge in [-0.15, -0.1) is 0 Å². The summed E-state index contributed by atoms with van der Waals surface area (Å²) in [5.41, 5.74) is 2.96. The number of aromatic amines is 1. The van der Waals surface area contributed by atoms with E-state index in [9.17, 15) is 5.11 Å². The zero-order valence-electron chi connectivity index (χ0n) is 11.4. The Hall–Kier alpha value is -2.23. The lowest BCUT2D eigenvalue weighted by Gasteiger charge is -2.02. The van der Waals surface area contributed by atoms with Crippen molar-refractivity contribution in [3.05, 3.63) is 75.8 Å². The van der Waals surface area contributed by atoms with E-state index in [2.05, 4.69) is 4.98 Å². The van der Waals surface area contributed by atoms with Gasteiger partial charge < -0.3 is 10.1 Å². The highest BCUT2D eigenvalue weighted by Crippen LogP contribution is 2.28. The SMILES string of the molecule is N=C(c1ccc(Cl)cc1)c1cc(-c2ccc(Cl)cc2)[nH]c1O. The van der Waals surface area contributed by atoms with Crippen LogP contribution in [0.15, 0.2) is 54.6 Å². The molecule has 5 heteroatoms. The predicted octanol–water partition coefficient (Wildman–Crippen LogP) is 5.11. The highest BCUT2D eigenvalue weighted by molar-refractivity contribution is 6.31. The molecule has 0 spiro atoms. The molecule has 1 aromatic heterocycles. The molecule has 3 N–H and O–H groups in total. The maximum absolute atomic E-state index is 10.1. The summed E-state index contributed by atoms with van der Waals surface area (Å²) < 4.78 is 0. The Morgan fingerprint density at radius 2 is 1.45 bits per heavy atom.